The molecule has 0 radical (unpaired) electrons. The molecule has 3 aromatic carbocycles. The number of aliphatic hydroxyl groups excluding tert-OH is 1. The number of benzene rings is 3. The van der Waals surface area contributed by atoms with E-state index >= 15 is 0 Å². The Labute approximate surface area is 183 Å². The van der Waals surface area contributed by atoms with Crippen LogP contribution in [-0.4, -0.2) is 26.2 Å². The smallest absolute Gasteiger partial charge is 0.392 e. The molecular weight excluding hydrogens is 451 g/mol. The number of anilines is 1. The molecule has 0 aliphatic carbocycles. The molecule has 0 aliphatic heterocycles. The van der Waals surface area contributed by atoms with Crippen molar-refractivity contribution in [3.05, 3.63) is 82.9 Å². The molecule has 0 saturated heterocycles. The van der Waals surface area contributed by atoms with Gasteiger partial charge in [-0.25, -0.2) is 8.42 Å². The Morgan fingerprint density at radius 1 is 1.00 bits per heavy atom. The molecule has 0 spiro atoms. The summed E-state index contributed by atoms with van der Waals surface area (Å²) in [5, 5.41) is 9.34. The quantitative estimate of drug-likeness (QED) is 0.514. The molecule has 0 saturated carbocycles. The van der Waals surface area contributed by atoms with Gasteiger partial charge in [0.25, 0.3) is 10.0 Å². The third-order valence-corrected chi connectivity index (χ3v) is 6.65. The zero-order chi connectivity index (χ0) is 22.8. The van der Waals surface area contributed by atoms with Crippen LogP contribution in [0.3, 0.4) is 0 Å². The number of halogens is 4. The van der Waals surface area contributed by atoms with E-state index in [0.717, 1.165) is 22.8 Å². The van der Waals surface area contributed by atoms with Crippen molar-refractivity contribution in [1.29, 1.82) is 0 Å². The Morgan fingerprint density at radius 2 is 1.68 bits per heavy atom. The Morgan fingerprint density at radius 3 is 2.23 bits per heavy atom. The Bertz CT molecular complexity index is 1180. The first-order chi connectivity index (χ1) is 14.5. The first-order valence-electron chi connectivity index (χ1n) is 9.17. The molecule has 0 aromatic heterocycles. The number of aryl methyl sites for hydroxylation is 1. The molecule has 0 unspecified atom stereocenters. The number of nitrogens with zero attached hydrogens (tertiary/aromatic N) is 1. The van der Waals surface area contributed by atoms with Crippen LogP contribution in [0, 0.1) is 6.92 Å². The van der Waals surface area contributed by atoms with Crippen LogP contribution < -0.4 is 4.31 Å². The monoisotopic (exact) mass is 469 g/mol. The number of hydrogen-bond donors (Lipinski definition) is 1. The molecule has 3 rings (SSSR count). The van der Waals surface area contributed by atoms with Crippen molar-refractivity contribution in [2.45, 2.75) is 24.6 Å². The average Bonchev–Trinajstić information content (AvgIpc) is 2.71. The molecule has 164 valence electrons. The van der Waals surface area contributed by atoms with Gasteiger partial charge >= 0.3 is 6.18 Å². The van der Waals surface area contributed by atoms with Crippen molar-refractivity contribution in [3.8, 4) is 11.1 Å². The van der Waals surface area contributed by atoms with E-state index in [1.165, 1.54) is 30.3 Å². The number of aliphatic hydroxyl groups is 1. The molecule has 9 heteroatoms. The van der Waals surface area contributed by atoms with Crippen molar-refractivity contribution < 1.29 is 26.7 Å². The van der Waals surface area contributed by atoms with Gasteiger partial charge in [0.05, 0.1) is 17.2 Å². The second-order valence-corrected chi connectivity index (χ2v) is 9.24. The van der Waals surface area contributed by atoms with Crippen molar-refractivity contribution >= 4 is 27.3 Å². The number of hydrogen-bond acceptors (Lipinski definition) is 3. The molecule has 3 aromatic rings. The summed E-state index contributed by atoms with van der Waals surface area (Å²) in [5.74, 6) is 0. The average molecular weight is 470 g/mol. The molecule has 0 bridgehead atoms. The predicted molar refractivity (Wildman–Crippen MR) is 115 cm³/mol. The van der Waals surface area contributed by atoms with Gasteiger partial charge in [-0.2, -0.15) is 13.2 Å². The lowest BCUT2D eigenvalue weighted by atomic mass is 9.98. The lowest BCUT2D eigenvalue weighted by molar-refractivity contribution is -0.117. The van der Waals surface area contributed by atoms with E-state index in [2.05, 4.69) is 0 Å². The van der Waals surface area contributed by atoms with Gasteiger partial charge in [-0.15, -0.1) is 0 Å². The predicted octanol–water partition coefficient (Wildman–Crippen LogP) is 5.57. The van der Waals surface area contributed by atoms with E-state index in [-0.39, 0.29) is 22.2 Å². The fraction of sp³-hybridized carbons (Fsp3) is 0.182. The molecule has 31 heavy (non-hydrogen) atoms. The maximum absolute atomic E-state index is 13.2. The maximum Gasteiger partial charge on any atom is 0.407 e. The van der Waals surface area contributed by atoms with E-state index in [1.807, 2.05) is 13.0 Å². The summed E-state index contributed by atoms with van der Waals surface area (Å²) in [6, 6.07) is 16.3. The first-order valence-corrected chi connectivity index (χ1v) is 11.0. The number of rotatable bonds is 6. The van der Waals surface area contributed by atoms with Crippen LogP contribution in [0.4, 0.5) is 18.9 Å². The van der Waals surface area contributed by atoms with Crippen molar-refractivity contribution in [1.82, 2.24) is 0 Å². The summed E-state index contributed by atoms with van der Waals surface area (Å²) in [4.78, 5) is -0.330. The largest absolute Gasteiger partial charge is 0.407 e. The van der Waals surface area contributed by atoms with Crippen LogP contribution in [0.1, 0.15) is 11.1 Å². The first kappa shape index (κ1) is 23.1. The van der Waals surface area contributed by atoms with Gasteiger partial charge in [-0.05, 0) is 59.5 Å². The van der Waals surface area contributed by atoms with Gasteiger partial charge < -0.3 is 5.11 Å². The normalized spacial score (nSPS) is 12.1. The summed E-state index contributed by atoms with van der Waals surface area (Å²) in [5.41, 5.74) is 3.02. The van der Waals surface area contributed by atoms with Gasteiger partial charge in [0, 0.05) is 5.02 Å². The standard InChI is InChI=1S/C22H19ClF3NO3S/c1-15-11-16(13-28)5-10-21(15)17-6-8-19(9-7-17)27(14-22(24,25)26)31(29,30)20-4-2-3-18(23)12-20/h2-12,28H,13-14H2,1H3. The fourth-order valence-electron chi connectivity index (χ4n) is 3.19. The molecule has 0 heterocycles. The molecule has 4 nitrogen and oxygen atoms in total. The van der Waals surface area contributed by atoms with Crippen LogP contribution >= 0.6 is 11.6 Å². The molecule has 0 aliphatic rings. The topological polar surface area (TPSA) is 57.6 Å². The third-order valence-electron chi connectivity index (χ3n) is 4.65. The van der Waals surface area contributed by atoms with E-state index < -0.39 is 22.7 Å². The van der Waals surface area contributed by atoms with Gasteiger partial charge in [-0.1, -0.05) is 48.0 Å². The lowest BCUT2D eigenvalue weighted by Crippen LogP contribution is -2.39. The zero-order valence-electron chi connectivity index (χ0n) is 16.4. The minimum Gasteiger partial charge on any atom is -0.392 e. The van der Waals surface area contributed by atoms with Gasteiger partial charge in [0.15, 0.2) is 0 Å². The van der Waals surface area contributed by atoms with Crippen molar-refractivity contribution in [2.75, 3.05) is 10.8 Å². The number of alkyl halides is 3. The molecule has 0 fully saturated rings. The third kappa shape index (κ3) is 5.39. The van der Waals surface area contributed by atoms with Crippen LogP contribution in [0.2, 0.25) is 5.02 Å². The lowest BCUT2D eigenvalue weighted by Gasteiger charge is -2.26. The Hall–Kier alpha value is -2.55. The van der Waals surface area contributed by atoms with E-state index in [1.54, 1.807) is 24.3 Å². The zero-order valence-corrected chi connectivity index (χ0v) is 18.0. The maximum atomic E-state index is 13.2. The second-order valence-electron chi connectivity index (χ2n) is 6.94. The summed E-state index contributed by atoms with van der Waals surface area (Å²) in [6.07, 6.45) is -4.75. The Kier molecular flexibility index (Phi) is 6.64. The Balaban J connectivity index is 2.03. The van der Waals surface area contributed by atoms with Gasteiger partial charge in [0.2, 0.25) is 0 Å². The number of sulfonamides is 1. The van der Waals surface area contributed by atoms with Crippen LogP contribution in [-0.2, 0) is 16.6 Å². The highest BCUT2D eigenvalue weighted by Gasteiger charge is 2.37. The van der Waals surface area contributed by atoms with Gasteiger partial charge in [0.1, 0.15) is 6.54 Å². The van der Waals surface area contributed by atoms with E-state index in [0.29, 0.717) is 9.87 Å². The SMILES string of the molecule is Cc1cc(CO)ccc1-c1ccc(N(CC(F)(F)F)S(=O)(=O)c2cccc(Cl)c2)cc1. The fourth-order valence-corrected chi connectivity index (χ4v) is 4.94. The summed E-state index contributed by atoms with van der Waals surface area (Å²) < 4.78 is 66.0. The van der Waals surface area contributed by atoms with Crippen LogP contribution in [0.5, 0.6) is 0 Å². The molecule has 0 amide bonds. The molecule has 1 N–H and O–H groups in total. The van der Waals surface area contributed by atoms with Crippen molar-refractivity contribution in [2.24, 2.45) is 0 Å². The van der Waals surface area contributed by atoms with E-state index in [9.17, 15) is 26.7 Å². The highest BCUT2D eigenvalue weighted by atomic mass is 35.5. The summed E-state index contributed by atoms with van der Waals surface area (Å²) in [7, 11) is -4.50. The minimum absolute atomic E-state index is 0.102. The van der Waals surface area contributed by atoms with Crippen LogP contribution in [0.15, 0.2) is 71.6 Å². The molecule has 0 atom stereocenters. The van der Waals surface area contributed by atoms with Crippen molar-refractivity contribution in [3.63, 3.8) is 0 Å². The van der Waals surface area contributed by atoms with Gasteiger partial charge in [-0.3, -0.25) is 4.31 Å². The minimum atomic E-state index is -4.75. The summed E-state index contributed by atoms with van der Waals surface area (Å²) in [6.45, 7) is 0.0706. The summed E-state index contributed by atoms with van der Waals surface area (Å²) >= 11 is 5.84. The highest BCUT2D eigenvalue weighted by molar-refractivity contribution is 7.92. The second kappa shape index (κ2) is 8.90. The van der Waals surface area contributed by atoms with Crippen LogP contribution in [0.25, 0.3) is 11.1 Å². The molecular formula is C22H19ClF3NO3S. The highest BCUT2D eigenvalue weighted by Crippen LogP contribution is 2.32. The van der Waals surface area contributed by atoms with E-state index in [4.69, 9.17) is 11.6 Å².